The molecule has 27 heavy (non-hydrogen) atoms. The van der Waals surface area contributed by atoms with Gasteiger partial charge < -0.3 is 0 Å². The summed E-state index contributed by atoms with van der Waals surface area (Å²) in [6.45, 7) is 0. The summed E-state index contributed by atoms with van der Waals surface area (Å²) in [5.74, 6) is 0. The lowest BCUT2D eigenvalue weighted by molar-refractivity contribution is 0.636. The van der Waals surface area contributed by atoms with Crippen molar-refractivity contribution in [1.29, 1.82) is 0 Å². The molecular weight excluding hydrogens is 399 g/mol. The quantitative estimate of drug-likeness (QED) is 0.305. The number of hydrogen-bond acceptors (Lipinski definition) is 0. The highest BCUT2D eigenvalue weighted by Gasteiger charge is 1.94. The van der Waals surface area contributed by atoms with E-state index in [1.54, 1.807) is 0 Å². The number of halogens is 2. The standard InChI is InChI=1S/C12H9Br.C12H10.CH3F/c13-12-8-6-11(7-9-12)10-4-2-1-3-5-10;1-3-7-11(8-4-1)12-9-5-2-6-10-12;1-2/h1-9H;1-10H;1H3/i;1T;1D. The lowest BCUT2D eigenvalue weighted by Gasteiger charge is -2.00. The topological polar surface area (TPSA) is 0 Å². The van der Waals surface area contributed by atoms with Gasteiger partial charge >= 0.3 is 0 Å². The van der Waals surface area contributed by atoms with Gasteiger partial charge in [-0.3, -0.25) is 4.39 Å². The maximum Gasteiger partial charge on any atom is 0.0785 e. The molecule has 0 radical (unpaired) electrons. The van der Waals surface area contributed by atoms with Crippen LogP contribution in [0.3, 0.4) is 0 Å². The van der Waals surface area contributed by atoms with Crippen molar-refractivity contribution in [3.05, 3.63) is 120 Å². The largest absolute Gasteiger partial charge is 0.255 e. The molecule has 0 unspecified atom stereocenters. The lowest BCUT2D eigenvalue weighted by atomic mass is 10.1. The van der Waals surface area contributed by atoms with Crippen molar-refractivity contribution in [1.82, 2.24) is 0 Å². The van der Waals surface area contributed by atoms with Crippen LogP contribution in [-0.2, 0) is 0 Å². The normalized spacial score (nSPS) is 10.3. The Balaban J connectivity index is 0.000000183. The molecule has 0 nitrogen and oxygen atoms in total. The van der Waals surface area contributed by atoms with E-state index in [0.717, 1.165) is 10.0 Å². The molecule has 0 amide bonds. The van der Waals surface area contributed by atoms with E-state index in [2.05, 4.69) is 76.6 Å². The van der Waals surface area contributed by atoms with Crippen LogP contribution in [-0.4, -0.2) is 7.15 Å². The van der Waals surface area contributed by atoms with Crippen LogP contribution >= 0.6 is 15.9 Å². The Labute approximate surface area is 172 Å². The fraction of sp³-hybridized carbons (Fsp3) is 0.0400. The van der Waals surface area contributed by atoms with Gasteiger partial charge in [0.2, 0.25) is 0 Å². The van der Waals surface area contributed by atoms with Crippen molar-refractivity contribution in [2.75, 3.05) is 7.15 Å². The van der Waals surface area contributed by atoms with Crippen LogP contribution in [0.25, 0.3) is 22.3 Å². The molecule has 2 heteroatoms. The highest BCUT2D eigenvalue weighted by atomic mass is 79.9. The minimum Gasteiger partial charge on any atom is -0.255 e. The van der Waals surface area contributed by atoms with Gasteiger partial charge in [0.05, 0.1) is 9.90 Å². The van der Waals surface area contributed by atoms with Gasteiger partial charge in [-0.05, 0) is 34.4 Å². The van der Waals surface area contributed by atoms with E-state index in [1.807, 2.05) is 48.5 Å². The monoisotopic (exact) mass is 423 g/mol. The summed E-state index contributed by atoms with van der Waals surface area (Å²) >= 11 is 3.42. The van der Waals surface area contributed by atoms with Crippen LogP contribution in [0.5, 0.6) is 0 Å². The summed E-state index contributed by atoms with van der Waals surface area (Å²) in [4.78, 5) is 0. The van der Waals surface area contributed by atoms with Gasteiger partial charge in [-0.2, -0.15) is 0 Å². The van der Waals surface area contributed by atoms with E-state index in [4.69, 9.17) is 2.74 Å². The average molecular weight is 424 g/mol. The molecule has 0 heterocycles. The Hall–Kier alpha value is -2.71. The first-order valence-electron chi connectivity index (χ1n) is 9.63. The molecule has 0 atom stereocenters. The van der Waals surface area contributed by atoms with E-state index >= 15 is 0 Å². The van der Waals surface area contributed by atoms with Gasteiger partial charge in [-0.15, -0.1) is 0 Å². The minimum absolute atomic E-state index is 0.555. The fourth-order valence-electron chi connectivity index (χ4n) is 2.48. The van der Waals surface area contributed by atoms with Gasteiger partial charge in [0.15, 0.2) is 0 Å². The van der Waals surface area contributed by atoms with E-state index in [9.17, 15) is 4.39 Å². The van der Waals surface area contributed by atoms with E-state index in [-0.39, 0.29) is 0 Å². The summed E-state index contributed by atoms with van der Waals surface area (Å²) in [5, 5.41) is 0. The van der Waals surface area contributed by atoms with Gasteiger partial charge in [0.25, 0.3) is 0 Å². The molecule has 0 saturated heterocycles. The predicted octanol–water partition coefficient (Wildman–Crippen LogP) is 8.06. The molecule has 4 rings (SSSR count). The lowest BCUT2D eigenvalue weighted by Crippen LogP contribution is -1.75. The number of alkyl halides is 1. The number of rotatable bonds is 2. The third-order valence-corrected chi connectivity index (χ3v) is 4.31. The Morgan fingerprint density at radius 2 is 0.963 bits per heavy atom. The second-order valence-corrected chi connectivity index (χ2v) is 6.44. The van der Waals surface area contributed by atoms with Crippen molar-refractivity contribution in [2.45, 2.75) is 0 Å². The molecule has 0 aromatic heterocycles. The van der Waals surface area contributed by atoms with Crippen LogP contribution < -0.4 is 0 Å². The summed E-state index contributed by atoms with van der Waals surface area (Å²) in [7, 11) is -1.00. The van der Waals surface area contributed by atoms with Crippen molar-refractivity contribution in [3.8, 4) is 22.3 Å². The SMILES string of the molecule is Brc1ccc(-c2ccccc2)cc1.[2H]CF.[3H]c1ccc(-c2ccccc2)cc1. The number of benzene rings is 4. The molecule has 0 bridgehead atoms. The smallest absolute Gasteiger partial charge is 0.0785 e. The molecule has 0 saturated carbocycles. The molecule has 0 N–H and O–H groups in total. The zero-order valence-corrected chi connectivity index (χ0v) is 16.4. The molecule has 0 aliphatic rings. The van der Waals surface area contributed by atoms with Crippen LogP contribution in [0.15, 0.2) is 120 Å². The first kappa shape index (κ1) is 17.7. The van der Waals surface area contributed by atoms with Crippen molar-refractivity contribution >= 4 is 15.9 Å². The van der Waals surface area contributed by atoms with Gasteiger partial charge in [0.1, 0.15) is 0 Å². The zero-order valence-electron chi connectivity index (χ0n) is 16.9. The molecule has 0 aliphatic heterocycles. The Morgan fingerprint density at radius 1 is 0.630 bits per heavy atom. The molecule has 0 spiro atoms. The average Bonchev–Trinajstić information content (AvgIpc) is 2.77. The van der Waals surface area contributed by atoms with Crippen molar-refractivity contribution < 1.29 is 7.13 Å². The molecule has 0 fully saturated rings. The maximum absolute atomic E-state index is 9.96. The van der Waals surface area contributed by atoms with E-state index in [0.29, 0.717) is 6.04 Å². The van der Waals surface area contributed by atoms with Gasteiger partial charge in [0, 0.05) is 4.47 Å². The van der Waals surface area contributed by atoms with Crippen LogP contribution in [0.2, 0.25) is 0 Å². The summed E-state index contributed by atoms with van der Waals surface area (Å²) in [6, 6.07) is 37.0. The fourth-order valence-corrected chi connectivity index (χ4v) is 2.75. The number of hydrogen-bond donors (Lipinski definition) is 0. The van der Waals surface area contributed by atoms with Crippen molar-refractivity contribution in [3.63, 3.8) is 0 Å². The molecular formula is C25H22BrF. The highest BCUT2D eigenvalue weighted by Crippen LogP contribution is 2.21. The molecule has 4 aromatic rings. The first-order chi connectivity index (χ1) is 14.1. The minimum atomic E-state index is -1.00. The van der Waals surface area contributed by atoms with Crippen LogP contribution in [0, 0.1) is 0 Å². The molecule has 136 valence electrons. The summed E-state index contributed by atoms with van der Waals surface area (Å²) in [5.41, 5.74) is 4.87. The zero-order chi connectivity index (χ0) is 20.9. The maximum atomic E-state index is 9.96. The second kappa shape index (κ2) is 11.8. The second-order valence-electron chi connectivity index (χ2n) is 5.53. The van der Waals surface area contributed by atoms with E-state index in [1.165, 1.54) is 16.7 Å². The predicted molar refractivity (Wildman–Crippen MR) is 118 cm³/mol. The summed E-state index contributed by atoms with van der Waals surface area (Å²) < 4.78 is 24.0. The summed E-state index contributed by atoms with van der Waals surface area (Å²) in [6.07, 6.45) is 0. The molecule has 4 aromatic carbocycles. The Morgan fingerprint density at radius 3 is 1.37 bits per heavy atom. The molecule has 0 aliphatic carbocycles. The third-order valence-electron chi connectivity index (χ3n) is 3.78. The van der Waals surface area contributed by atoms with Crippen molar-refractivity contribution in [2.24, 2.45) is 0 Å². The van der Waals surface area contributed by atoms with Gasteiger partial charge in [-0.25, -0.2) is 0 Å². The highest BCUT2D eigenvalue weighted by molar-refractivity contribution is 9.10. The Kier molecular flexibility index (Phi) is 7.74. The third kappa shape index (κ3) is 6.84. The Bertz CT molecular complexity index is 860. The van der Waals surface area contributed by atoms with Crippen LogP contribution in [0.1, 0.15) is 2.74 Å². The van der Waals surface area contributed by atoms with Crippen LogP contribution in [0.4, 0.5) is 4.39 Å². The van der Waals surface area contributed by atoms with E-state index < -0.39 is 7.15 Å². The first-order valence-corrected chi connectivity index (χ1v) is 9.21. The van der Waals surface area contributed by atoms with Gasteiger partial charge in [-0.1, -0.05) is 119 Å².